The molecule has 2 aliphatic rings. The summed E-state index contributed by atoms with van der Waals surface area (Å²) in [6.45, 7) is 9.08. The molecule has 0 spiro atoms. The first-order valence-corrected chi connectivity index (χ1v) is 8.63. The van der Waals surface area contributed by atoms with E-state index < -0.39 is 0 Å². The molecule has 4 nitrogen and oxygen atoms in total. The van der Waals surface area contributed by atoms with E-state index in [9.17, 15) is 9.59 Å². The van der Waals surface area contributed by atoms with Gasteiger partial charge in [-0.05, 0) is 51.2 Å². The second-order valence-corrected chi connectivity index (χ2v) is 7.04. The smallest absolute Gasteiger partial charge is 0.254 e. The third-order valence-electron chi connectivity index (χ3n) is 5.13. The van der Waals surface area contributed by atoms with Crippen LogP contribution in [0.15, 0.2) is 12.1 Å². The van der Waals surface area contributed by atoms with Crippen molar-refractivity contribution in [2.45, 2.75) is 40.0 Å². The summed E-state index contributed by atoms with van der Waals surface area (Å²) in [4.78, 5) is 29.2. The van der Waals surface area contributed by atoms with Crippen LogP contribution < -0.4 is 0 Å². The standard InChI is InChI=1S/C19H26N2O2/c1-13-10-14(2)17(15(3)11-13)19(23)21-9-6-16(12-21)18(22)20-7-4-5-8-20/h10-11,16H,4-9,12H2,1-3H3. The van der Waals surface area contributed by atoms with E-state index in [2.05, 4.69) is 19.1 Å². The fraction of sp³-hybridized carbons (Fsp3) is 0.579. The molecule has 0 aliphatic carbocycles. The lowest BCUT2D eigenvalue weighted by atomic mass is 9.99. The lowest BCUT2D eigenvalue weighted by Gasteiger charge is -2.22. The number of hydrogen-bond donors (Lipinski definition) is 0. The van der Waals surface area contributed by atoms with Crippen LogP contribution in [-0.2, 0) is 4.79 Å². The second-order valence-electron chi connectivity index (χ2n) is 7.04. The summed E-state index contributed by atoms with van der Waals surface area (Å²) in [5.41, 5.74) is 4.05. The maximum Gasteiger partial charge on any atom is 0.254 e. The van der Waals surface area contributed by atoms with E-state index in [4.69, 9.17) is 0 Å². The number of aryl methyl sites for hydroxylation is 3. The van der Waals surface area contributed by atoms with E-state index in [0.29, 0.717) is 13.1 Å². The number of hydrogen-bond acceptors (Lipinski definition) is 2. The Morgan fingerprint density at radius 1 is 0.957 bits per heavy atom. The molecule has 2 heterocycles. The van der Waals surface area contributed by atoms with Crippen molar-refractivity contribution in [1.82, 2.24) is 9.80 Å². The summed E-state index contributed by atoms with van der Waals surface area (Å²) in [6, 6.07) is 4.12. The molecule has 124 valence electrons. The molecule has 0 aromatic heterocycles. The summed E-state index contributed by atoms with van der Waals surface area (Å²) in [7, 11) is 0. The molecule has 0 saturated carbocycles. The Balaban J connectivity index is 1.71. The molecule has 2 fully saturated rings. The number of nitrogens with zero attached hydrogens (tertiary/aromatic N) is 2. The molecule has 0 N–H and O–H groups in total. The van der Waals surface area contributed by atoms with Gasteiger partial charge in [-0.15, -0.1) is 0 Å². The molecule has 1 aromatic rings. The summed E-state index contributed by atoms with van der Waals surface area (Å²) < 4.78 is 0. The van der Waals surface area contributed by atoms with Gasteiger partial charge in [-0.1, -0.05) is 17.7 Å². The van der Waals surface area contributed by atoms with E-state index in [-0.39, 0.29) is 17.7 Å². The van der Waals surface area contributed by atoms with Crippen LogP contribution in [-0.4, -0.2) is 47.8 Å². The van der Waals surface area contributed by atoms with Gasteiger partial charge in [0.25, 0.3) is 5.91 Å². The Kier molecular flexibility index (Phi) is 4.42. The van der Waals surface area contributed by atoms with Crippen molar-refractivity contribution >= 4 is 11.8 Å². The summed E-state index contributed by atoms with van der Waals surface area (Å²) in [5.74, 6) is 0.315. The summed E-state index contributed by atoms with van der Waals surface area (Å²) >= 11 is 0. The van der Waals surface area contributed by atoms with E-state index in [1.807, 2.05) is 23.6 Å². The first-order valence-electron chi connectivity index (χ1n) is 8.63. The minimum Gasteiger partial charge on any atom is -0.342 e. The highest BCUT2D eigenvalue weighted by Gasteiger charge is 2.35. The van der Waals surface area contributed by atoms with Gasteiger partial charge in [0, 0.05) is 31.7 Å². The van der Waals surface area contributed by atoms with Crippen LogP contribution in [0.4, 0.5) is 0 Å². The summed E-state index contributed by atoms with van der Waals surface area (Å²) in [6.07, 6.45) is 3.02. The van der Waals surface area contributed by atoms with Crippen LogP contribution in [0, 0.1) is 26.7 Å². The van der Waals surface area contributed by atoms with Gasteiger partial charge in [-0.3, -0.25) is 9.59 Å². The topological polar surface area (TPSA) is 40.6 Å². The van der Waals surface area contributed by atoms with E-state index in [0.717, 1.165) is 49.0 Å². The average Bonchev–Trinajstić information content (AvgIpc) is 3.17. The quantitative estimate of drug-likeness (QED) is 0.842. The predicted molar refractivity (Wildman–Crippen MR) is 90.5 cm³/mol. The molecule has 1 aromatic carbocycles. The third-order valence-corrected chi connectivity index (χ3v) is 5.13. The number of likely N-dealkylation sites (tertiary alicyclic amines) is 2. The van der Waals surface area contributed by atoms with Gasteiger partial charge in [0.05, 0.1) is 5.92 Å². The molecule has 1 unspecified atom stereocenters. The zero-order chi connectivity index (χ0) is 16.6. The molecule has 4 heteroatoms. The predicted octanol–water partition coefficient (Wildman–Crippen LogP) is 2.70. The highest BCUT2D eigenvalue weighted by Crippen LogP contribution is 2.25. The molecule has 0 bridgehead atoms. The number of carbonyl (C=O) groups excluding carboxylic acids is 2. The molecule has 2 aliphatic heterocycles. The van der Waals surface area contributed by atoms with Crippen molar-refractivity contribution in [1.29, 1.82) is 0 Å². The lowest BCUT2D eigenvalue weighted by Crippen LogP contribution is -2.36. The van der Waals surface area contributed by atoms with Gasteiger partial charge < -0.3 is 9.80 Å². The molecule has 23 heavy (non-hydrogen) atoms. The van der Waals surface area contributed by atoms with Crippen LogP contribution in [0.1, 0.15) is 46.3 Å². The van der Waals surface area contributed by atoms with Crippen LogP contribution in [0.25, 0.3) is 0 Å². The van der Waals surface area contributed by atoms with Gasteiger partial charge >= 0.3 is 0 Å². The first-order chi connectivity index (χ1) is 11.0. The second kappa shape index (κ2) is 6.34. The van der Waals surface area contributed by atoms with Crippen LogP contribution in [0.5, 0.6) is 0 Å². The molecule has 0 radical (unpaired) electrons. The van der Waals surface area contributed by atoms with Crippen LogP contribution in [0.3, 0.4) is 0 Å². The van der Waals surface area contributed by atoms with Crippen molar-refractivity contribution in [3.05, 3.63) is 34.4 Å². The Labute approximate surface area is 138 Å². The lowest BCUT2D eigenvalue weighted by molar-refractivity contribution is -0.133. The van der Waals surface area contributed by atoms with Crippen molar-refractivity contribution in [3.8, 4) is 0 Å². The molecule has 2 saturated heterocycles. The Hall–Kier alpha value is -1.84. The van der Waals surface area contributed by atoms with Gasteiger partial charge in [0.1, 0.15) is 0 Å². The maximum absolute atomic E-state index is 12.9. The number of benzene rings is 1. The number of carbonyl (C=O) groups is 2. The minimum atomic E-state index is -0.0110. The monoisotopic (exact) mass is 314 g/mol. The Morgan fingerprint density at radius 2 is 1.57 bits per heavy atom. The number of amides is 2. The van der Waals surface area contributed by atoms with Crippen molar-refractivity contribution in [2.24, 2.45) is 5.92 Å². The molecule has 2 amide bonds. The molecule has 3 rings (SSSR count). The Bertz CT molecular complexity index is 609. The summed E-state index contributed by atoms with van der Waals surface area (Å²) in [5, 5.41) is 0. The van der Waals surface area contributed by atoms with Crippen LogP contribution >= 0.6 is 0 Å². The molecular formula is C19H26N2O2. The SMILES string of the molecule is Cc1cc(C)c(C(=O)N2CCC(C(=O)N3CCCC3)C2)c(C)c1. The van der Waals surface area contributed by atoms with Gasteiger partial charge in [-0.25, -0.2) is 0 Å². The van der Waals surface area contributed by atoms with Crippen LogP contribution in [0.2, 0.25) is 0 Å². The molecular weight excluding hydrogens is 288 g/mol. The van der Waals surface area contributed by atoms with Gasteiger partial charge in [-0.2, -0.15) is 0 Å². The maximum atomic E-state index is 12.9. The van der Waals surface area contributed by atoms with E-state index in [1.165, 1.54) is 5.56 Å². The Morgan fingerprint density at radius 3 is 2.17 bits per heavy atom. The van der Waals surface area contributed by atoms with Crippen molar-refractivity contribution < 1.29 is 9.59 Å². The van der Waals surface area contributed by atoms with Gasteiger partial charge in [0.15, 0.2) is 0 Å². The highest BCUT2D eigenvalue weighted by atomic mass is 16.2. The fourth-order valence-electron chi connectivity index (χ4n) is 4.02. The third kappa shape index (κ3) is 3.12. The van der Waals surface area contributed by atoms with E-state index in [1.54, 1.807) is 0 Å². The zero-order valence-corrected chi connectivity index (χ0v) is 14.4. The highest BCUT2D eigenvalue weighted by molar-refractivity contribution is 5.97. The fourth-order valence-corrected chi connectivity index (χ4v) is 4.02. The minimum absolute atomic E-state index is 0.0110. The van der Waals surface area contributed by atoms with Crippen molar-refractivity contribution in [2.75, 3.05) is 26.2 Å². The number of rotatable bonds is 2. The van der Waals surface area contributed by atoms with Crippen molar-refractivity contribution in [3.63, 3.8) is 0 Å². The first kappa shape index (κ1) is 16.0. The zero-order valence-electron chi connectivity index (χ0n) is 14.4. The van der Waals surface area contributed by atoms with Gasteiger partial charge in [0.2, 0.25) is 5.91 Å². The average molecular weight is 314 g/mol. The molecule has 1 atom stereocenters. The normalized spacial score (nSPS) is 21.1. The van der Waals surface area contributed by atoms with E-state index >= 15 is 0 Å². The largest absolute Gasteiger partial charge is 0.342 e.